The van der Waals surface area contributed by atoms with Gasteiger partial charge in [0.15, 0.2) is 0 Å². The smallest absolute Gasteiger partial charge is 0.318 e. The van der Waals surface area contributed by atoms with Gasteiger partial charge in [0.2, 0.25) is 5.91 Å². The maximum atomic E-state index is 12.7. The first kappa shape index (κ1) is 15.8. The topological polar surface area (TPSA) is 52.7 Å². The molecule has 5 heteroatoms. The molecule has 0 saturated carbocycles. The first-order valence-corrected chi connectivity index (χ1v) is 8.54. The Kier molecular flexibility index (Phi) is 4.55. The summed E-state index contributed by atoms with van der Waals surface area (Å²) in [5.74, 6) is 0.0849. The molecule has 0 bridgehead atoms. The predicted molar refractivity (Wildman–Crippen MR) is 88.9 cm³/mol. The van der Waals surface area contributed by atoms with Crippen LogP contribution >= 0.6 is 0 Å². The summed E-state index contributed by atoms with van der Waals surface area (Å²) in [5, 5.41) is 3.10. The van der Waals surface area contributed by atoms with Gasteiger partial charge in [-0.25, -0.2) is 4.79 Å². The zero-order valence-corrected chi connectivity index (χ0v) is 13.9. The third-order valence-electron chi connectivity index (χ3n) is 5.06. The lowest BCUT2D eigenvalue weighted by molar-refractivity contribution is -0.140. The third-order valence-corrected chi connectivity index (χ3v) is 5.06. The molecule has 3 rings (SSSR count). The van der Waals surface area contributed by atoms with Gasteiger partial charge < -0.3 is 15.1 Å². The van der Waals surface area contributed by atoms with E-state index in [9.17, 15) is 9.59 Å². The third kappa shape index (κ3) is 3.05. The van der Waals surface area contributed by atoms with E-state index in [-0.39, 0.29) is 30.1 Å². The fourth-order valence-electron chi connectivity index (χ4n) is 3.67. The van der Waals surface area contributed by atoms with E-state index in [1.54, 1.807) is 4.90 Å². The average molecular weight is 315 g/mol. The van der Waals surface area contributed by atoms with Crippen LogP contribution in [0.4, 0.5) is 4.79 Å². The van der Waals surface area contributed by atoms with Gasteiger partial charge in [-0.05, 0) is 31.7 Å². The molecule has 3 amide bonds. The minimum Gasteiger partial charge on any atom is -0.336 e. The molecular weight excluding hydrogens is 290 g/mol. The minimum absolute atomic E-state index is 0.0207. The molecule has 1 aromatic rings. The van der Waals surface area contributed by atoms with Crippen LogP contribution in [-0.4, -0.2) is 46.9 Å². The highest BCUT2D eigenvalue weighted by Crippen LogP contribution is 2.26. The van der Waals surface area contributed by atoms with Crippen LogP contribution in [-0.2, 0) is 4.79 Å². The summed E-state index contributed by atoms with van der Waals surface area (Å²) < 4.78 is 0. The van der Waals surface area contributed by atoms with E-state index in [0.29, 0.717) is 6.54 Å². The Morgan fingerprint density at radius 1 is 1.35 bits per heavy atom. The van der Waals surface area contributed by atoms with E-state index in [1.165, 1.54) is 0 Å². The highest BCUT2D eigenvalue weighted by atomic mass is 16.2. The lowest BCUT2D eigenvalue weighted by Crippen LogP contribution is -2.62. The largest absolute Gasteiger partial charge is 0.336 e. The van der Waals surface area contributed by atoms with Gasteiger partial charge in [0.1, 0.15) is 6.04 Å². The molecule has 2 aliphatic rings. The van der Waals surface area contributed by atoms with Crippen molar-refractivity contribution in [3.8, 4) is 0 Å². The van der Waals surface area contributed by atoms with Crippen LogP contribution in [0.1, 0.15) is 44.7 Å². The van der Waals surface area contributed by atoms with Crippen molar-refractivity contribution in [2.75, 3.05) is 13.1 Å². The maximum absolute atomic E-state index is 12.7. The quantitative estimate of drug-likeness (QED) is 0.932. The SMILES string of the molecule is CCC(NC(=O)N1CC2CCCN2C(=O)C1C)c1ccccc1. The Bertz CT molecular complexity index is 575. The number of urea groups is 1. The normalized spacial score (nSPS) is 25.2. The van der Waals surface area contributed by atoms with Crippen LogP contribution in [0.2, 0.25) is 0 Å². The number of nitrogens with one attached hydrogen (secondary N) is 1. The highest BCUT2D eigenvalue weighted by Gasteiger charge is 2.42. The number of nitrogens with zero attached hydrogens (tertiary/aromatic N) is 2. The fourth-order valence-corrected chi connectivity index (χ4v) is 3.67. The van der Waals surface area contributed by atoms with Gasteiger partial charge >= 0.3 is 6.03 Å². The van der Waals surface area contributed by atoms with E-state index < -0.39 is 0 Å². The second-order valence-electron chi connectivity index (χ2n) is 6.48. The maximum Gasteiger partial charge on any atom is 0.318 e. The molecule has 2 fully saturated rings. The van der Waals surface area contributed by atoms with Crippen molar-refractivity contribution < 1.29 is 9.59 Å². The summed E-state index contributed by atoms with van der Waals surface area (Å²) in [6.45, 7) is 5.37. The molecule has 23 heavy (non-hydrogen) atoms. The van der Waals surface area contributed by atoms with E-state index in [4.69, 9.17) is 0 Å². The molecule has 0 radical (unpaired) electrons. The van der Waals surface area contributed by atoms with Crippen molar-refractivity contribution in [1.29, 1.82) is 0 Å². The standard InChI is InChI=1S/C18H25N3O2/c1-3-16(14-8-5-4-6-9-14)19-18(23)21-12-15-10-7-11-20(15)17(22)13(21)2/h4-6,8-9,13,15-16H,3,7,10-12H2,1-2H3,(H,19,23). The summed E-state index contributed by atoms with van der Waals surface area (Å²) in [4.78, 5) is 28.8. The van der Waals surface area contributed by atoms with Crippen molar-refractivity contribution in [1.82, 2.24) is 15.1 Å². The van der Waals surface area contributed by atoms with Crippen molar-refractivity contribution in [3.05, 3.63) is 35.9 Å². The number of rotatable bonds is 3. The molecule has 2 heterocycles. The Morgan fingerprint density at radius 2 is 2.09 bits per heavy atom. The summed E-state index contributed by atoms with van der Waals surface area (Å²) in [6, 6.07) is 9.65. The number of carbonyl (C=O) groups excluding carboxylic acids is 2. The zero-order valence-electron chi connectivity index (χ0n) is 13.9. The molecule has 1 aromatic carbocycles. The van der Waals surface area contributed by atoms with Crippen LogP contribution in [0, 0.1) is 0 Å². The van der Waals surface area contributed by atoms with Gasteiger partial charge in [0, 0.05) is 19.1 Å². The molecular formula is C18H25N3O2. The van der Waals surface area contributed by atoms with Crippen LogP contribution < -0.4 is 5.32 Å². The Hall–Kier alpha value is -2.04. The summed E-state index contributed by atoms with van der Waals surface area (Å²) >= 11 is 0. The summed E-state index contributed by atoms with van der Waals surface area (Å²) in [5.41, 5.74) is 1.10. The number of amides is 3. The van der Waals surface area contributed by atoms with Crippen molar-refractivity contribution in [3.63, 3.8) is 0 Å². The highest BCUT2D eigenvalue weighted by molar-refractivity contribution is 5.88. The molecule has 0 spiro atoms. The Morgan fingerprint density at radius 3 is 2.78 bits per heavy atom. The zero-order chi connectivity index (χ0) is 16.4. The molecule has 124 valence electrons. The molecule has 5 nitrogen and oxygen atoms in total. The van der Waals surface area contributed by atoms with E-state index in [0.717, 1.165) is 31.4 Å². The van der Waals surface area contributed by atoms with Gasteiger partial charge in [-0.3, -0.25) is 4.79 Å². The monoisotopic (exact) mass is 315 g/mol. The molecule has 0 aromatic heterocycles. The van der Waals surface area contributed by atoms with Crippen LogP contribution in [0.3, 0.4) is 0 Å². The molecule has 3 atom stereocenters. The summed E-state index contributed by atoms with van der Waals surface area (Å²) in [7, 11) is 0. The Labute approximate surface area is 137 Å². The van der Waals surface area contributed by atoms with Gasteiger partial charge in [-0.15, -0.1) is 0 Å². The average Bonchev–Trinajstić information content (AvgIpc) is 3.05. The second kappa shape index (κ2) is 6.60. The van der Waals surface area contributed by atoms with Crippen molar-refractivity contribution in [2.24, 2.45) is 0 Å². The molecule has 2 aliphatic heterocycles. The molecule has 0 aliphatic carbocycles. The first-order valence-electron chi connectivity index (χ1n) is 8.54. The van der Waals surface area contributed by atoms with Gasteiger partial charge in [0.05, 0.1) is 6.04 Å². The second-order valence-corrected chi connectivity index (χ2v) is 6.48. The van der Waals surface area contributed by atoms with E-state index in [2.05, 4.69) is 12.2 Å². The summed E-state index contributed by atoms with van der Waals surface area (Å²) in [6.07, 6.45) is 2.86. The Balaban J connectivity index is 1.70. The first-order chi connectivity index (χ1) is 11.1. The number of hydrogen-bond donors (Lipinski definition) is 1. The number of carbonyl (C=O) groups is 2. The molecule has 2 saturated heterocycles. The lowest BCUT2D eigenvalue weighted by atomic mass is 10.0. The van der Waals surface area contributed by atoms with Crippen molar-refractivity contribution >= 4 is 11.9 Å². The number of hydrogen-bond acceptors (Lipinski definition) is 2. The minimum atomic E-state index is -0.377. The lowest BCUT2D eigenvalue weighted by Gasteiger charge is -2.41. The number of benzene rings is 1. The van der Waals surface area contributed by atoms with Gasteiger partial charge in [-0.2, -0.15) is 0 Å². The number of fused-ring (bicyclic) bond motifs is 1. The molecule has 1 N–H and O–H groups in total. The van der Waals surface area contributed by atoms with E-state index >= 15 is 0 Å². The fraction of sp³-hybridized carbons (Fsp3) is 0.556. The predicted octanol–water partition coefficient (Wildman–Crippen LogP) is 2.54. The van der Waals surface area contributed by atoms with Gasteiger partial charge in [-0.1, -0.05) is 37.3 Å². The van der Waals surface area contributed by atoms with Crippen LogP contribution in [0.5, 0.6) is 0 Å². The van der Waals surface area contributed by atoms with Crippen molar-refractivity contribution in [2.45, 2.75) is 51.2 Å². The number of piperazine rings is 1. The van der Waals surface area contributed by atoms with Crippen LogP contribution in [0.25, 0.3) is 0 Å². The van der Waals surface area contributed by atoms with Crippen LogP contribution in [0.15, 0.2) is 30.3 Å². The molecule has 3 unspecified atom stereocenters. The van der Waals surface area contributed by atoms with Gasteiger partial charge in [0.25, 0.3) is 0 Å². The van der Waals surface area contributed by atoms with E-state index in [1.807, 2.05) is 42.2 Å².